The zero-order valence-electron chi connectivity index (χ0n) is 14.1. The minimum Gasteiger partial charge on any atom is -0.280 e. The number of sulfonamides is 2. The highest BCUT2D eigenvalue weighted by Crippen LogP contribution is 2.30. The van der Waals surface area contributed by atoms with Gasteiger partial charge in [-0.25, -0.2) is 16.8 Å². The highest BCUT2D eigenvalue weighted by molar-refractivity contribution is 7.93. The van der Waals surface area contributed by atoms with E-state index in [2.05, 4.69) is 4.72 Å². The lowest BCUT2D eigenvalue weighted by Gasteiger charge is -2.20. The predicted octanol–water partition coefficient (Wildman–Crippen LogP) is 2.64. The van der Waals surface area contributed by atoms with Crippen molar-refractivity contribution in [1.29, 1.82) is 0 Å². The SMILES string of the molecule is Cc1ccc(S(=O)(=O)Nc2ccc(C)c(N3CCCS3(=O)=O)c2)cc1. The van der Waals surface area contributed by atoms with Crippen LogP contribution < -0.4 is 9.03 Å². The van der Waals surface area contributed by atoms with E-state index in [0.717, 1.165) is 11.1 Å². The van der Waals surface area contributed by atoms with E-state index in [0.29, 0.717) is 24.3 Å². The normalized spacial score (nSPS) is 16.8. The summed E-state index contributed by atoms with van der Waals surface area (Å²) < 4.78 is 53.2. The number of rotatable bonds is 4. The van der Waals surface area contributed by atoms with Crippen LogP contribution in [-0.2, 0) is 20.0 Å². The molecule has 2 aromatic rings. The standard InChI is InChI=1S/C17H20N2O4S2/c1-13-4-8-16(9-5-13)25(22,23)18-15-7-6-14(2)17(12-15)19-10-3-11-24(19,20)21/h4-9,12,18H,3,10-11H2,1-2H3. The zero-order valence-corrected chi connectivity index (χ0v) is 15.7. The van der Waals surface area contributed by atoms with Crippen molar-refractivity contribution < 1.29 is 16.8 Å². The maximum Gasteiger partial charge on any atom is 0.261 e. The Balaban J connectivity index is 1.94. The van der Waals surface area contributed by atoms with Crippen LogP contribution >= 0.6 is 0 Å². The van der Waals surface area contributed by atoms with E-state index >= 15 is 0 Å². The second-order valence-corrected chi connectivity index (χ2v) is 9.86. The summed E-state index contributed by atoms with van der Waals surface area (Å²) >= 11 is 0. The summed E-state index contributed by atoms with van der Waals surface area (Å²) in [5.41, 5.74) is 2.60. The van der Waals surface area contributed by atoms with Crippen molar-refractivity contribution >= 4 is 31.4 Å². The molecule has 1 aliphatic rings. The van der Waals surface area contributed by atoms with Gasteiger partial charge in [-0.3, -0.25) is 9.03 Å². The molecule has 2 aromatic carbocycles. The molecule has 0 amide bonds. The Kier molecular flexibility index (Phi) is 4.51. The lowest BCUT2D eigenvalue weighted by atomic mass is 10.2. The molecule has 0 atom stereocenters. The van der Waals surface area contributed by atoms with E-state index in [4.69, 9.17) is 0 Å². The number of anilines is 2. The van der Waals surface area contributed by atoms with Gasteiger partial charge in [-0.05, 0) is 50.1 Å². The molecule has 1 N–H and O–H groups in total. The van der Waals surface area contributed by atoms with Gasteiger partial charge < -0.3 is 0 Å². The number of hydrogen-bond acceptors (Lipinski definition) is 4. The van der Waals surface area contributed by atoms with Gasteiger partial charge >= 0.3 is 0 Å². The van der Waals surface area contributed by atoms with Crippen molar-refractivity contribution in [3.8, 4) is 0 Å². The molecule has 0 aromatic heterocycles. The summed E-state index contributed by atoms with van der Waals surface area (Å²) in [5.74, 6) is 0.117. The van der Waals surface area contributed by atoms with Crippen molar-refractivity contribution in [3.05, 3.63) is 53.6 Å². The van der Waals surface area contributed by atoms with Crippen molar-refractivity contribution in [1.82, 2.24) is 0 Å². The second kappa shape index (κ2) is 6.34. The Hall–Kier alpha value is -2.06. The van der Waals surface area contributed by atoms with E-state index in [1.54, 1.807) is 37.3 Å². The first-order chi connectivity index (χ1) is 11.7. The first-order valence-corrected chi connectivity index (χ1v) is 11.0. The summed E-state index contributed by atoms with van der Waals surface area (Å²) in [6.45, 7) is 4.10. The molecule has 0 aliphatic carbocycles. The molecule has 8 heteroatoms. The van der Waals surface area contributed by atoms with E-state index in [1.165, 1.54) is 16.4 Å². The summed E-state index contributed by atoms with van der Waals surface area (Å²) in [5, 5.41) is 0. The minimum atomic E-state index is -3.73. The van der Waals surface area contributed by atoms with Crippen molar-refractivity contribution in [2.45, 2.75) is 25.2 Å². The summed E-state index contributed by atoms with van der Waals surface area (Å²) in [7, 11) is -7.05. The fourth-order valence-electron chi connectivity index (χ4n) is 2.78. The predicted molar refractivity (Wildman–Crippen MR) is 98.9 cm³/mol. The molecule has 25 heavy (non-hydrogen) atoms. The fraction of sp³-hybridized carbons (Fsp3) is 0.294. The number of hydrogen-bond donors (Lipinski definition) is 1. The summed E-state index contributed by atoms with van der Waals surface area (Å²) in [6, 6.07) is 11.5. The van der Waals surface area contributed by atoms with Crippen LogP contribution in [-0.4, -0.2) is 29.1 Å². The van der Waals surface area contributed by atoms with Crippen LogP contribution in [0.25, 0.3) is 0 Å². The molecule has 0 radical (unpaired) electrons. The smallest absolute Gasteiger partial charge is 0.261 e. The van der Waals surface area contributed by atoms with Gasteiger partial charge in [0.1, 0.15) is 0 Å². The average molecular weight is 380 g/mol. The van der Waals surface area contributed by atoms with Crippen molar-refractivity contribution in [3.63, 3.8) is 0 Å². The van der Waals surface area contributed by atoms with E-state index in [1.807, 2.05) is 6.92 Å². The van der Waals surface area contributed by atoms with Gasteiger partial charge in [0, 0.05) is 6.54 Å². The molecule has 0 spiro atoms. The lowest BCUT2D eigenvalue weighted by molar-refractivity contribution is 0.598. The van der Waals surface area contributed by atoms with Gasteiger partial charge in [0.25, 0.3) is 10.0 Å². The van der Waals surface area contributed by atoms with E-state index in [9.17, 15) is 16.8 Å². The molecule has 1 fully saturated rings. The van der Waals surface area contributed by atoms with Crippen LogP contribution in [0, 0.1) is 13.8 Å². The van der Waals surface area contributed by atoms with Crippen LogP contribution in [0.3, 0.4) is 0 Å². The Morgan fingerprint density at radius 2 is 1.72 bits per heavy atom. The largest absolute Gasteiger partial charge is 0.280 e. The topological polar surface area (TPSA) is 83.6 Å². The van der Waals surface area contributed by atoms with Gasteiger partial charge in [0.05, 0.1) is 22.0 Å². The maximum atomic E-state index is 12.5. The highest BCUT2D eigenvalue weighted by Gasteiger charge is 2.29. The summed E-state index contributed by atoms with van der Waals surface area (Å²) in [6.07, 6.45) is 0.571. The van der Waals surface area contributed by atoms with Crippen LogP contribution in [0.15, 0.2) is 47.4 Å². The minimum absolute atomic E-state index is 0.117. The van der Waals surface area contributed by atoms with E-state index < -0.39 is 20.0 Å². The Bertz CT molecular complexity index is 997. The number of aryl methyl sites for hydroxylation is 2. The molecule has 0 unspecified atom stereocenters. The van der Waals surface area contributed by atoms with Gasteiger partial charge in [-0.15, -0.1) is 0 Å². The van der Waals surface area contributed by atoms with Crippen LogP contribution in [0.2, 0.25) is 0 Å². The van der Waals surface area contributed by atoms with Crippen molar-refractivity contribution in [2.24, 2.45) is 0 Å². The molecule has 1 heterocycles. The third-order valence-corrected chi connectivity index (χ3v) is 7.41. The zero-order chi connectivity index (χ0) is 18.2. The molecular formula is C17H20N2O4S2. The number of nitrogens with zero attached hydrogens (tertiary/aromatic N) is 1. The molecular weight excluding hydrogens is 360 g/mol. The van der Waals surface area contributed by atoms with Crippen molar-refractivity contribution in [2.75, 3.05) is 21.3 Å². The Labute approximate surface area is 148 Å². The molecule has 0 bridgehead atoms. The molecule has 6 nitrogen and oxygen atoms in total. The fourth-order valence-corrected chi connectivity index (χ4v) is 5.45. The molecule has 0 saturated carbocycles. The molecule has 134 valence electrons. The molecule has 1 aliphatic heterocycles. The van der Waals surface area contributed by atoms with Gasteiger partial charge in [-0.1, -0.05) is 23.8 Å². The van der Waals surface area contributed by atoms with Gasteiger partial charge in [-0.2, -0.15) is 0 Å². The Morgan fingerprint density at radius 1 is 1.04 bits per heavy atom. The highest BCUT2D eigenvalue weighted by atomic mass is 32.2. The Morgan fingerprint density at radius 3 is 2.32 bits per heavy atom. The molecule has 3 rings (SSSR count). The summed E-state index contributed by atoms with van der Waals surface area (Å²) in [4.78, 5) is 0.161. The quantitative estimate of drug-likeness (QED) is 0.884. The number of benzene rings is 2. The molecule has 1 saturated heterocycles. The van der Waals surface area contributed by atoms with E-state index in [-0.39, 0.29) is 10.6 Å². The lowest BCUT2D eigenvalue weighted by Crippen LogP contribution is -2.26. The van der Waals surface area contributed by atoms with Crippen LogP contribution in [0.4, 0.5) is 11.4 Å². The number of nitrogens with one attached hydrogen (secondary N) is 1. The third kappa shape index (κ3) is 3.64. The van der Waals surface area contributed by atoms with Crippen LogP contribution in [0.5, 0.6) is 0 Å². The van der Waals surface area contributed by atoms with Gasteiger partial charge in [0.15, 0.2) is 0 Å². The second-order valence-electron chi connectivity index (χ2n) is 6.16. The van der Waals surface area contributed by atoms with Crippen LogP contribution in [0.1, 0.15) is 17.5 Å². The maximum absolute atomic E-state index is 12.5. The third-order valence-electron chi connectivity index (χ3n) is 4.16. The first-order valence-electron chi connectivity index (χ1n) is 7.90. The first kappa shape index (κ1) is 17.8. The average Bonchev–Trinajstić information content (AvgIpc) is 2.88. The van der Waals surface area contributed by atoms with Gasteiger partial charge in [0.2, 0.25) is 10.0 Å². The monoisotopic (exact) mass is 380 g/mol.